The van der Waals surface area contributed by atoms with Gasteiger partial charge < -0.3 is 13.8 Å². The molecular weight excluding hydrogens is 318 g/mol. The molecule has 0 aliphatic rings. The quantitative estimate of drug-likeness (QED) is 0.692. The number of fused-ring (bicyclic) bond motifs is 1. The van der Waals surface area contributed by atoms with Crippen molar-refractivity contribution in [2.45, 2.75) is 40.2 Å². The van der Waals surface area contributed by atoms with Crippen molar-refractivity contribution in [2.75, 3.05) is 7.05 Å². The van der Waals surface area contributed by atoms with Crippen molar-refractivity contribution in [3.63, 3.8) is 0 Å². The third-order valence-corrected chi connectivity index (χ3v) is 4.42. The van der Waals surface area contributed by atoms with Gasteiger partial charge in [0, 0.05) is 13.1 Å². The van der Waals surface area contributed by atoms with Gasteiger partial charge >= 0.3 is 0 Å². The second kappa shape index (κ2) is 6.70. The molecule has 1 atom stereocenters. The van der Waals surface area contributed by atoms with E-state index in [1.54, 1.807) is 29.4 Å². The topological polar surface area (TPSA) is 72.4 Å². The Morgan fingerprint density at radius 3 is 2.72 bits per heavy atom. The highest BCUT2D eigenvalue weighted by Crippen LogP contribution is 2.28. The van der Waals surface area contributed by atoms with Crippen LogP contribution in [0.25, 0.3) is 22.6 Å². The van der Waals surface area contributed by atoms with Crippen molar-refractivity contribution in [1.82, 2.24) is 15.0 Å². The number of carbonyl (C=O) groups is 1. The Morgan fingerprint density at radius 2 is 2.08 bits per heavy atom. The Kier molecular flexibility index (Phi) is 4.61. The first-order valence-electron chi connectivity index (χ1n) is 8.46. The van der Waals surface area contributed by atoms with Crippen LogP contribution in [0.3, 0.4) is 0 Å². The van der Waals surface area contributed by atoms with Gasteiger partial charge in [0.05, 0.1) is 22.9 Å². The highest BCUT2D eigenvalue weighted by Gasteiger charge is 2.25. The average molecular weight is 341 g/mol. The van der Waals surface area contributed by atoms with Gasteiger partial charge in [-0.25, -0.2) is 4.98 Å². The van der Waals surface area contributed by atoms with Crippen LogP contribution in [0.5, 0.6) is 0 Å². The van der Waals surface area contributed by atoms with Gasteiger partial charge in [0.2, 0.25) is 0 Å². The smallest absolute Gasteiger partial charge is 0.259 e. The molecule has 6 heteroatoms. The molecule has 132 valence electrons. The fourth-order valence-electron chi connectivity index (χ4n) is 3.04. The molecule has 3 aromatic heterocycles. The van der Waals surface area contributed by atoms with E-state index in [0.717, 1.165) is 6.42 Å². The maximum Gasteiger partial charge on any atom is 0.259 e. The largest absolute Gasteiger partial charge is 0.463 e. The number of aromatic nitrogens is 2. The van der Waals surface area contributed by atoms with Crippen LogP contribution in [-0.2, 0) is 0 Å². The van der Waals surface area contributed by atoms with Crippen LogP contribution in [0.4, 0.5) is 0 Å². The van der Waals surface area contributed by atoms with Crippen LogP contribution in [-0.4, -0.2) is 34.0 Å². The molecule has 0 aromatic carbocycles. The predicted octanol–water partition coefficient (Wildman–Crippen LogP) is 4.30. The molecule has 0 fully saturated rings. The molecule has 0 spiro atoms. The van der Waals surface area contributed by atoms with E-state index >= 15 is 0 Å². The monoisotopic (exact) mass is 341 g/mol. The molecule has 0 saturated carbocycles. The third kappa shape index (κ3) is 3.29. The molecule has 1 amide bonds. The predicted molar refractivity (Wildman–Crippen MR) is 95.3 cm³/mol. The zero-order valence-electron chi connectivity index (χ0n) is 15.2. The SMILES string of the molecule is Cc1noc2nc(-c3ccco3)cc(C(=O)N(C)C(C)CC(C)C)c12. The number of carbonyl (C=O) groups excluding carboxylic acids is 1. The van der Waals surface area contributed by atoms with Crippen molar-refractivity contribution in [2.24, 2.45) is 5.92 Å². The summed E-state index contributed by atoms with van der Waals surface area (Å²) in [6.07, 6.45) is 2.51. The summed E-state index contributed by atoms with van der Waals surface area (Å²) in [5, 5.41) is 4.63. The van der Waals surface area contributed by atoms with E-state index in [-0.39, 0.29) is 11.9 Å². The average Bonchev–Trinajstić information content (AvgIpc) is 3.22. The van der Waals surface area contributed by atoms with Crippen LogP contribution in [0.2, 0.25) is 0 Å². The minimum Gasteiger partial charge on any atom is -0.463 e. The lowest BCUT2D eigenvalue weighted by molar-refractivity contribution is 0.0730. The Balaban J connectivity index is 2.07. The van der Waals surface area contributed by atoms with Crippen LogP contribution < -0.4 is 0 Å². The number of hydrogen-bond donors (Lipinski definition) is 0. The highest BCUT2D eigenvalue weighted by molar-refractivity contribution is 6.06. The van der Waals surface area contributed by atoms with Gasteiger partial charge in [0.1, 0.15) is 5.69 Å². The lowest BCUT2D eigenvalue weighted by Gasteiger charge is -2.26. The Labute approximate surface area is 146 Å². The second-order valence-electron chi connectivity index (χ2n) is 6.88. The van der Waals surface area contributed by atoms with Crippen LogP contribution in [0, 0.1) is 12.8 Å². The first-order chi connectivity index (χ1) is 11.9. The molecule has 6 nitrogen and oxygen atoms in total. The van der Waals surface area contributed by atoms with Crippen molar-refractivity contribution < 1.29 is 13.7 Å². The van der Waals surface area contributed by atoms with E-state index in [1.165, 1.54) is 0 Å². The summed E-state index contributed by atoms with van der Waals surface area (Å²) in [5.41, 5.74) is 2.09. The second-order valence-corrected chi connectivity index (χ2v) is 6.88. The number of amides is 1. The number of nitrogens with zero attached hydrogens (tertiary/aromatic N) is 3. The van der Waals surface area contributed by atoms with Crippen LogP contribution in [0.15, 0.2) is 33.4 Å². The summed E-state index contributed by atoms with van der Waals surface area (Å²) in [6, 6.07) is 5.47. The first kappa shape index (κ1) is 17.2. The van der Waals surface area contributed by atoms with Gasteiger partial charge in [-0.2, -0.15) is 0 Å². The summed E-state index contributed by atoms with van der Waals surface area (Å²) in [4.78, 5) is 19.4. The highest BCUT2D eigenvalue weighted by atomic mass is 16.5. The number of rotatable bonds is 5. The maximum atomic E-state index is 13.2. The fourth-order valence-corrected chi connectivity index (χ4v) is 3.04. The summed E-state index contributed by atoms with van der Waals surface area (Å²) in [5.74, 6) is 1.03. The molecular formula is C19H23N3O3. The zero-order chi connectivity index (χ0) is 18.1. The number of pyridine rings is 1. The van der Waals surface area contributed by atoms with E-state index in [2.05, 4.69) is 30.9 Å². The Morgan fingerprint density at radius 1 is 1.32 bits per heavy atom. The summed E-state index contributed by atoms with van der Waals surface area (Å²) in [6.45, 7) is 8.18. The summed E-state index contributed by atoms with van der Waals surface area (Å²) < 4.78 is 10.7. The van der Waals surface area contributed by atoms with Gasteiger partial charge in [-0.1, -0.05) is 19.0 Å². The Bertz CT molecular complexity index is 881. The number of aryl methyl sites for hydroxylation is 1. The summed E-state index contributed by atoms with van der Waals surface area (Å²) >= 11 is 0. The van der Waals surface area contributed by atoms with Crippen molar-refractivity contribution in [3.05, 3.63) is 35.7 Å². The van der Waals surface area contributed by atoms with Crippen molar-refractivity contribution in [3.8, 4) is 11.5 Å². The van der Waals surface area contributed by atoms with E-state index < -0.39 is 0 Å². The van der Waals surface area contributed by atoms with E-state index in [9.17, 15) is 4.79 Å². The van der Waals surface area contributed by atoms with Gasteiger partial charge in [0.15, 0.2) is 5.76 Å². The van der Waals surface area contributed by atoms with E-state index in [4.69, 9.17) is 8.94 Å². The maximum absolute atomic E-state index is 13.2. The Hall–Kier alpha value is -2.63. The first-order valence-corrected chi connectivity index (χ1v) is 8.46. The van der Waals surface area contributed by atoms with E-state index in [1.807, 2.05) is 14.0 Å². The molecule has 0 saturated heterocycles. The molecule has 0 radical (unpaired) electrons. The molecule has 3 rings (SSSR count). The van der Waals surface area contributed by atoms with E-state index in [0.29, 0.717) is 39.7 Å². The minimum atomic E-state index is -0.0698. The lowest BCUT2D eigenvalue weighted by atomic mass is 10.0. The standard InChI is InChI=1S/C19H23N3O3/c1-11(2)9-12(3)22(5)19(23)14-10-15(16-7-6-8-24-16)20-18-17(14)13(4)21-25-18/h6-8,10-12H,9H2,1-5H3. The molecule has 0 N–H and O–H groups in total. The fraction of sp³-hybridized carbons (Fsp3) is 0.421. The van der Waals surface area contributed by atoms with Crippen molar-refractivity contribution >= 4 is 17.0 Å². The minimum absolute atomic E-state index is 0.0698. The zero-order valence-corrected chi connectivity index (χ0v) is 15.2. The molecule has 3 aromatic rings. The third-order valence-electron chi connectivity index (χ3n) is 4.42. The normalized spacial score (nSPS) is 12.7. The molecule has 0 bridgehead atoms. The molecule has 0 aliphatic carbocycles. The summed E-state index contributed by atoms with van der Waals surface area (Å²) in [7, 11) is 1.83. The molecule has 0 aliphatic heterocycles. The molecule has 25 heavy (non-hydrogen) atoms. The number of hydrogen-bond acceptors (Lipinski definition) is 5. The van der Waals surface area contributed by atoms with Crippen LogP contribution in [0.1, 0.15) is 43.2 Å². The van der Waals surface area contributed by atoms with Gasteiger partial charge in [-0.05, 0) is 44.4 Å². The molecule has 3 heterocycles. The number of furan rings is 1. The van der Waals surface area contributed by atoms with Gasteiger partial charge in [-0.3, -0.25) is 4.79 Å². The molecule has 1 unspecified atom stereocenters. The van der Waals surface area contributed by atoms with Gasteiger partial charge in [-0.15, -0.1) is 0 Å². The van der Waals surface area contributed by atoms with Crippen molar-refractivity contribution in [1.29, 1.82) is 0 Å². The van der Waals surface area contributed by atoms with Gasteiger partial charge in [0.25, 0.3) is 11.6 Å². The van der Waals surface area contributed by atoms with Crippen LogP contribution >= 0.6 is 0 Å². The lowest BCUT2D eigenvalue weighted by Crippen LogP contribution is -2.36.